The zero-order valence-corrected chi connectivity index (χ0v) is 10.7. The summed E-state index contributed by atoms with van der Waals surface area (Å²) in [5.74, 6) is 0. The first-order valence-corrected chi connectivity index (χ1v) is 6.25. The van der Waals surface area contributed by atoms with Crippen molar-refractivity contribution >= 4 is 17.3 Å². The average molecular weight is 239 g/mol. The Morgan fingerprint density at radius 3 is 3.00 bits per heavy atom. The highest BCUT2D eigenvalue weighted by atomic mass is 35.5. The summed E-state index contributed by atoms with van der Waals surface area (Å²) in [7, 11) is 2.14. The van der Waals surface area contributed by atoms with Gasteiger partial charge in [0.25, 0.3) is 0 Å². The second kappa shape index (κ2) is 5.07. The molecule has 1 saturated heterocycles. The van der Waals surface area contributed by atoms with Gasteiger partial charge in [0.05, 0.1) is 0 Å². The molecule has 1 unspecified atom stereocenters. The fourth-order valence-electron chi connectivity index (χ4n) is 2.34. The molecule has 88 valence electrons. The predicted molar refractivity (Wildman–Crippen MR) is 70.5 cm³/mol. The van der Waals surface area contributed by atoms with E-state index in [4.69, 9.17) is 11.6 Å². The van der Waals surface area contributed by atoms with Crippen molar-refractivity contribution in [1.29, 1.82) is 0 Å². The van der Waals surface area contributed by atoms with Gasteiger partial charge in [-0.05, 0) is 44.0 Å². The maximum Gasteiger partial charge on any atom is 0.0426 e. The Hall–Kier alpha value is -0.730. The smallest absolute Gasteiger partial charge is 0.0426 e. The van der Waals surface area contributed by atoms with Gasteiger partial charge in [-0.1, -0.05) is 17.7 Å². The third kappa shape index (κ3) is 2.69. The standard InChI is InChI=1S/C13H19ClN2/c1-10-5-6-11(14)8-13(10)16(2)9-12-4-3-7-15-12/h5-6,8,12,15H,3-4,7,9H2,1-2H3. The molecule has 1 aromatic rings. The van der Waals surface area contributed by atoms with Gasteiger partial charge in [-0.15, -0.1) is 0 Å². The van der Waals surface area contributed by atoms with E-state index in [2.05, 4.69) is 30.3 Å². The minimum absolute atomic E-state index is 0.628. The van der Waals surface area contributed by atoms with Crippen LogP contribution in [0.3, 0.4) is 0 Å². The fourth-order valence-corrected chi connectivity index (χ4v) is 2.50. The molecule has 0 aromatic heterocycles. The molecular weight excluding hydrogens is 220 g/mol. The second-order valence-corrected chi connectivity index (χ2v) is 5.04. The summed E-state index contributed by atoms with van der Waals surface area (Å²) < 4.78 is 0. The first kappa shape index (κ1) is 11.7. The minimum atomic E-state index is 0.628. The van der Waals surface area contributed by atoms with Crippen LogP contribution in [0.1, 0.15) is 18.4 Å². The molecule has 0 amide bonds. The molecule has 1 fully saturated rings. The fraction of sp³-hybridized carbons (Fsp3) is 0.538. The van der Waals surface area contributed by atoms with Crippen LogP contribution in [-0.2, 0) is 0 Å². The van der Waals surface area contributed by atoms with Gasteiger partial charge in [-0.2, -0.15) is 0 Å². The van der Waals surface area contributed by atoms with Gasteiger partial charge in [0.15, 0.2) is 0 Å². The second-order valence-electron chi connectivity index (χ2n) is 4.60. The molecule has 0 bridgehead atoms. The Balaban J connectivity index is 2.07. The Labute approximate surface area is 103 Å². The van der Waals surface area contributed by atoms with Crippen LogP contribution in [0.4, 0.5) is 5.69 Å². The lowest BCUT2D eigenvalue weighted by molar-refractivity contribution is 0.599. The Morgan fingerprint density at radius 1 is 1.50 bits per heavy atom. The van der Waals surface area contributed by atoms with E-state index >= 15 is 0 Å². The lowest BCUT2D eigenvalue weighted by Gasteiger charge is -2.25. The van der Waals surface area contributed by atoms with Crippen LogP contribution in [0.2, 0.25) is 5.02 Å². The monoisotopic (exact) mass is 238 g/mol. The first-order chi connectivity index (χ1) is 7.66. The molecule has 1 aliphatic heterocycles. The quantitative estimate of drug-likeness (QED) is 0.871. The molecule has 2 nitrogen and oxygen atoms in total. The zero-order chi connectivity index (χ0) is 11.5. The normalized spacial score (nSPS) is 20.1. The SMILES string of the molecule is Cc1ccc(Cl)cc1N(C)CC1CCCN1. The number of hydrogen-bond donors (Lipinski definition) is 1. The zero-order valence-electron chi connectivity index (χ0n) is 9.96. The number of nitrogens with zero attached hydrogens (tertiary/aromatic N) is 1. The number of aryl methyl sites for hydroxylation is 1. The third-order valence-electron chi connectivity index (χ3n) is 3.24. The van der Waals surface area contributed by atoms with E-state index in [-0.39, 0.29) is 0 Å². The summed E-state index contributed by atoms with van der Waals surface area (Å²) in [5, 5.41) is 4.33. The van der Waals surface area contributed by atoms with E-state index in [0.717, 1.165) is 18.1 Å². The van der Waals surface area contributed by atoms with Crippen LogP contribution in [0.15, 0.2) is 18.2 Å². The molecular formula is C13H19ClN2. The van der Waals surface area contributed by atoms with Crippen molar-refractivity contribution in [2.75, 3.05) is 25.0 Å². The number of rotatable bonds is 3. The Bertz CT molecular complexity index is 359. The summed E-state index contributed by atoms with van der Waals surface area (Å²) in [6.45, 7) is 4.35. The van der Waals surface area contributed by atoms with Crippen LogP contribution in [0.25, 0.3) is 0 Å². The van der Waals surface area contributed by atoms with E-state index < -0.39 is 0 Å². The van der Waals surface area contributed by atoms with Gasteiger partial charge < -0.3 is 10.2 Å². The largest absolute Gasteiger partial charge is 0.373 e. The summed E-state index contributed by atoms with van der Waals surface area (Å²) in [5.41, 5.74) is 2.52. The van der Waals surface area contributed by atoms with Gasteiger partial charge in [0.2, 0.25) is 0 Å². The summed E-state index contributed by atoms with van der Waals surface area (Å²) in [4.78, 5) is 2.30. The van der Waals surface area contributed by atoms with Crippen LogP contribution in [0, 0.1) is 6.92 Å². The molecule has 3 heteroatoms. The number of nitrogens with one attached hydrogen (secondary N) is 1. The van der Waals surface area contributed by atoms with Crippen molar-refractivity contribution < 1.29 is 0 Å². The number of benzene rings is 1. The number of likely N-dealkylation sites (N-methyl/N-ethyl adjacent to an activating group) is 1. The Kier molecular flexibility index (Phi) is 3.72. The number of anilines is 1. The molecule has 1 aromatic carbocycles. The molecule has 1 aliphatic rings. The highest BCUT2D eigenvalue weighted by Gasteiger charge is 2.16. The van der Waals surface area contributed by atoms with Crippen molar-refractivity contribution in [3.8, 4) is 0 Å². The van der Waals surface area contributed by atoms with Crippen molar-refractivity contribution in [3.63, 3.8) is 0 Å². The molecule has 0 spiro atoms. The molecule has 16 heavy (non-hydrogen) atoms. The highest BCUT2D eigenvalue weighted by molar-refractivity contribution is 6.30. The maximum atomic E-state index is 6.04. The summed E-state index contributed by atoms with van der Waals surface area (Å²) in [6.07, 6.45) is 2.58. The van der Waals surface area contributed by atoms with E-state index in [1.54, 1.807) is 0 Å². The van der Waals surface area contributed by atoms with Crippen molar-refractivity contribution in [2.45, 2.75) is 25.8 Å². The molecule has 2 rings (SSSR count). The van der Waals surface area contributed by atoms with Gasteiger partial charge in [0, 0.05) is 30.3 Å². The van der Waals surface area contributed by atoms with Gasteiger partial charge in [0.1, 0.15) is 0 Å². The van der Waals surface area contributed by atoms with Crippen molar-refractivity contribution in [3.05, 3.63) is 28.8 Å². The van der Waals surface area contributed by atoms with Crippen LogP contribution >= 0.6 is 11.6 Å². The van der Waals surface area contributed by atoms with Gasteiger partial charge >= 0.3 is 0 Å². The van der Waals surface area contributed by atoms with Gasteiger partial charge in [-0.3, -0.25) is 0 Å². The first-order valence-electron chi connectivity index (χ1n) is 5.87. The molecule has 1 N–H and O–H groups in total. The average Bonchev–Trinajstić information content (AvgIpc) is 2.74. The number of hydrogen-bond acceptors (Lipinski definition) is 2. The minimum Gasteiger partial charge on any atom is -0.373 e. The van der Waals surface area contributed by atoms with Crippen LogP contribution in [-0.4, -0.2) is 26.2 Å². The van der Waals surface area contributed by atoms with E-state index in [1.807, 2.05) is 12.1 Å². The predicted octanol–water partition coefficient (Wildman–Crippen LogP) is 2.84. The van der Waals surface area contributed by atoms with E-state index in [0.29, 0.717) is 6.04 Å². The summed E-state index contributed by atoms with van der Waals surface area (Å²) >= 11 is 6.04. The van der Waals surface area contributed by atoms with Crippen LogP contribution < -0.4 is 10.2 Å². The van der Waals surface area contributed by atoms with Crippen molar-refractivity contribution in [1.82, 2.24) is 5.32 Å². The molecule has 0 radical (unpaired) electrons. The highest BCUT2D eigenvalue weighted by Crippen LogP contribution is 2.24. The Morgan fingerprint density at radius 2 is 2.31 bits per heavy atom. The third-order valence-corrected chi connectivity index (χ3v) is 3.47. The maximum absolute atomic E-state index is 6.04. The van der Waals surface area contributed by atoms with Crippen molar-refractivity contribution in [2.24, 2.45) is 0 Å². The van der Waals surface area contributed by atoms with E-state index in [9.17, 15) is 0 Å². The van der Waals surface area contributed by atoms with Crippen LogP contribution in [0.5, 0.6) is 0 Å². The van der Waals surface area contributed by atoms with E-state index in [1.165, 1.54) is 24.1 Å². The molecule has 1 heterocycles. The summed E-state index contributed by atoms with van der Waals surface area (Å²) in [6, 6.07) is 6.70. The lowest BCUT2D eigenvalue weighted by Crippen LogP contribution is -2.35. The van der Waals surface area contributed by atoms with Gasteiger partial charge in [-0.25, -0.2) is 0 Å². The topological polar surface area (TPSA) is 15.3 Å². The lowest BCUT2D eigenvalue weighted by atomic mass is 10.1. The number of halogens is 1. The molecule has 0 saturated carbocycles. The molecule has 0 aliphatic carbocycles. The molecule has 1 atom stereocenters.